The molecule has 3 N–H and O–H groups in total. The van der Waals surface area contributed by atoms with Gasteiger partial charge in [0.2, 0.25) is 0 Å². The van der Waals surface area contributed by atoms with E-state index in [4.69, 9.17) is 20.1 Å². The van der Waals surface area contributed by atoms with Crippen molar-refractivity contribution in [1.82, 2.24) is 15.0 Å². The van der Waals surface area contributed by atoms with Gasteiger partial charge in [-0.15, -0.1) is 105 Å². The van der Waals surface area contributed by atoms with E-state index in [2.05, 4.69) is 134 Å². The van der Waals surface area contributed by atoms with Gasteiger partial charge in [-0.2, -0.15) is 0 Å². The van der Waals surface area contributed by atoms with Gasteiger partial charge in [-0.1, -0.05) is 237 Å². The van der Waals surface area contributed by atoms with Crippen molar-refractivity contribution in [3.8, 4) is 67.7 Å². The summed E-state index contributed by atoms with van der Waals surface area (Å²) in [5.74, 6) is 2.07. The molecule has 0 aliphatic rings. The molecule has 12 aromatic rings. The van der Waals surface area contributed by atoms with Crippen molar-refractivity contribution in [2.45, 2.75) is 262 Å². The second-order valence-electron chi connectivity index (χ2n) is 33.0. The summed E-state index contributed by atoms with van der Waals surface area (Å²) in [6, 6.07) is 54.2. The van der Waals surface area contributed by atoms with E-state index in [0.29, 0.717) is 33.8 Å². The number of allylic oxidation sites excluding steroid dienone is 6. The van der Waals surface area contributed by atoms with Crippen molar-refractivity contribution in [2.24, 2.45) is 35.5 Å². The van der Waals surface area contributed by atoms with E-state index in [0.717, 1.165) is 188 Å². The Kier molecular flexibility index (Phi) is 42.9. The van der Waals surface area contributed by atoms with Crippen LogP contribution in [0.3, 0.4) is 0 Å². The molecule has 0 spiro atoms. The van der Waals surface area contributed by atoms with E-state index < -0.39 is 18.6 Å². The molecule has 0 saturated carbocycles. The molecule has 0 atom stereocenters. The van der Waals surface area contributed by atoms with Crippen LogP contribution in [0, 0.1) is 116 Å². The third kappa shape index (κ3) is 30.9. The minimum atomic E-state index is -2.21. The Balaban J connectivity index is 0.000000336. The third-order valence-electron chi connectivity index (χ3n) is 23.0. The SMILES string of the molecule is CCC(CC)C(=O)C=C(O)C(CC)CC.CCC(CC)C(=O)C=C(O)C(CC)CC.CCC(CC)C(=O)C=C(O)C(CC)CC.Cc1[c-]c(-c2cc3cc(-c4ccc(C)cc4)oc3cn2)cc(C)c1.[2H]C(C)(C)c1cccc(C([2H])(C)C)c1-c1cc2cc(-c3[c-]c(C)cc(C)c3)ncc2o1.[2H]C([2H])([2H])c1cccc(C)c1-c1cc2cc(-c3[c-]c(C)cc(C)c3)ncc2o1.[Ir].[Ir].[Ir]. The number of hydrogen-bond acceptors (Lipinski definition) is 12. The number of carbonyl (C=O) groups excluding carboxylic acids is 3. The zero-order chi connectivity index (χ0) is 94.8. The molecule has 6 aromatic heterocycles. The van der Waals surface area contributed by atoms with E-state index in [1.54, 1.807) is 30.7 Å². The fourth-order valence-electron chi connectivity index (χ4n) is 15.5. The topological polar surface area (TPSA) is 190 Å². The molecule has 12 rings (SSSR count). The molecule has 0 bridgehead atoms. The molecule has 3 radical (unpaired) electrons. The van der Waals surface area contributed by atoms with Gasteiger partial charge >= 0.3 is 0 Å². The Morgan fingerprint density at radius 3 is 0.944 bits per heavy atom. The first-order valence-electron chi connectivity index (χ1n) is 46.9. The number of nitrogens with zero attached hydrogens (tertiary/aromatic N) is 3. The molecule has 0 amide bonds. The number of pyridine rings is 3. The minimum Gasteiger partial charge on any atom is -0.512 e. The molecule has 0 fully saturated rings. The number of rotatable bonds is 29. The molecule has 15 heteroatoms. The molecule has 0 aliphatic carbocycles. The van der Waals surface area contributed by atoms with Crippen LogP contribution in [0.4, 0.5) is 0 Å². The number of ketones is 3. The molecule has 6 aromatic carbocycles. The van der Waals surface area contributed by atoms with Gasteiger partial charge in [-0.3, -0.25) is 14.4 Å². The maximum absolute atomic E-state index is 11.7. The Hall–Kier alpha value is -9.03. The third-order valence-corrected chi connectivity index (χ3v) is 23.0. The van der Waals surface area contributed by atoms with Crippen LogP contribution in [0.2, 0.25) is 0 Å². The smallest absolute Gasteiger partial charge is 0.162 e. The Labute approximate surface area is 801 Å². The largest absolute Gasteiger partial charge is 0.512 e. The van der Waals surface area contributed by atoms with Crippen LogP contribution in [0.1, 0.15) is 268 Å². The van der Waals surface area contributed by atoms with E-state index in [-0.39, 0.29) is 130 Å². The predicted octanol–water partition coefficient (Wildman–Crippen LogP) is 31.5. The molecule has 681 valence electrons. The van der Waals surface area contributed by atoms with Crippen molar-refractivity contribution in [1.29, 1.82) is 0 Å². The summed E-state index contributed by atoms with van der Waals surface area (Å²) in [5, 5.41) is 32.2. The first kappa shape index (κ1) is 101. The number of aliphatic hydroxyl groups is 3. The predicted molar refractivity (Wildman–Crippen MR) is 514 cm³/mol. The summed E-state index contributed by atoms with van der Waals surface area (Å²) in [4.78, 5) is 48.8. The molecule has 6 heterocycles. The maximum atomic E-state index is 11.7. The fraction of sp³-hybridized carbons (Fsp3) is 0.405. The zero-order valence-electron chi connectivity index (χ0n) is 83.7. The second kappa shape index (κ2) is 53.7. The summed E-state index contributed by atoms with van der Waals surface area (Å²) < 4.78 is 59.1. The van der Waals surface area contributed by atoms with Gasteiger partial charge in [0, 0.05) is 154 Å². The molecule has 0 unspecified atom stereocenters. The van der Waals surface area contributed by atoms with Gasteiger partial charge in [-0.05, 0) is 167 Å². The van der Waals surface area contributed by atoms with Crippen LogP contribution in [-0.4, -0.2) is 47.6 Å². The second-order valence-corrected chi connectivity index (χ2v) is 33.0. The van der Waals surface area contributed by atoms with E-state index in [1.165, 1.54) is 34.9 Å². The van der Waals surface area contributed by atoms with Gasteiger partial charge in [0.1, 0.15) is 17.3 Å². The van der Waals surface area contributed by atoms with Crippen molar-refractivity contribution < 1.29 is 110 Å². The summed E-state index contributed by atoms with van der Waals surface area (Å²) in [5.41, 5.74) is 21.1. The summed E-state index contributed by atoms with van der Waals surface area (Å²) in [6.07, 6.45) is 20.0. The van der Waals surface area contributed by atoms with Crippen LogP contribution < -0.4 is 0 Å². The quantitative estimate of drug-likeness (QED) is 0.0229. The first-order valence-corrected chi connectivity index (χ1v) is 44.4. The molecular weight excluding hydrogens is 2100 g/mol. The van der Waals surface area contributed by atoms with Gasteiger partial charge in [0.25, 0.3) is 0 Å². The van der Waals surface area contributed by atoms with Crippen molar-refractivity contribution in [2.75, 3.05) is 0 Å². The van der Waals surface area contributed by atoms with Crippen LogP contribution in [0.15, 0.2) is 201 Å². The van der Waals surface area contributed by atoms with Crippen LogP contribution in [0.5, 0.6) is 0 Å². The first-order chi connectivity index (χ1) is 60.5. The van der Waals surface area contributed by atoms with Gasteiger partial charge in [-0.25, -0.2) is 0 Å². The van der Waals surface area contributed by atoms with E-state index >= 15 is 0 Å². The molecule has 12 nitrogen and oxygen atoms in total. The molecule has 0 saturated heterocycles. The zero-order valence-corrected chi connectivity index (χ0v) is 85.9. The Morgan fingerprint density at radius 1 is 0.365 bits per heavy atom. The monoisotopic (exact) mass is 2240 g/mol. The minimum absolute atomic E-state index is 0. The summed E-state index contributed by atoms with van der Waals surface area (Å²) in [6.45, 7) is 45.8. The van der Waals surface area contributed by atoms with Crippen molar-refractivity contribution in [3.63, 3.8) is 0 Å². The average Bonchev–Trinajstić information content (AvgIpc) is 1.66. The number of aromatic nitrogens is 3. The number of aliphatic hydroxyl groups excluding tert-OH is 3. The Bertz CT molecular complexity index is 5570. The fourth-order valence-corrected chi connectivity index (χ4v) is 15.5. The number of fused-ring (bicyclic) bond motifs is 3. The molecule has 126 heavy (non-hydrogen) atoms. The molecule has 0 aliphatic heterocycles. The van der Waals surface area contributed by atoms with E-state index in [1.807, 2.05) is 187 Å². The average molecular weight is 2240 g/mol. The number of benzene rings is 6. The maximum Gasteiger partial charge on any atom is 0.162 e. The normalized spacial score (nSPS) is 12.4. The Morgan fingerprint density at radius 2 is 0.651 bits per heavy atom. The van der Waals surface area contributed by atoms with Crippen molar-refractivity contribution in [3.05, 3.63) is 267 Å². The van der Waals surface area contributed by atoms with Crippen LogP contribution >= 0.6 is 0 Å². The standard InChI is InChI=1S/C27H28NO.C23H20NO.C22H18NO.3C13H24O2.3Ir/c1-16(2)22-8-7-9-23(17(3)4)27(22)25-14-21-13-24(28-15-26(21)29-25)20-11-18(5)10-19(6)12-20;1-14-8-15(2)10-18(9-14)20-11-19-12-21(25-22(19)13-24-20)23-16(3)6-5-7-17(23)4;1-14-4-6-17(7-5-14)21-12-19-11-20(23-13-22(19)24-21)18-9-15(2)8-16(3)10-18;3*1-5-10(6-2)12(14)9-13(15)11(7-3)8-4;;;/h7-11,13-17H,1-6H3;5-9,11-13H,1-4H3;4-9,11-13H,1-3H3;3*9-11,14H,5-8H2,1-4H3;;;/q3*-1;;;;;;/i16D,17D;3D3;;;;;;;. The van der Waals surface area contributed by atoms with E-state index in [9.17, 15) is 29.7 Å². The van der Waals surface area contributed by atoms with Crippen molar-refractivity contribution >= 4 is 50.3 Å². The van der Waals surface area contributed by atoms with Crippen LogP contribution in [0.25, 0.3) is 101 Å². The van der Waals surface area contributed by atoms with Gasteiger partial charge in [0.15, 0.2) is 34.1 Å². The van der Waals surface area contributed by atoms with Gasteiger partial charge in [0.05, 0.1) is 35.9 Å². The van der Waals surface area contributed by atoms with Crippen LogP contribution in [-0.2, 0) is 74.7 Å². The molecular formula is C111H138Ir3N3O9-3. The number of furan rings is 3. The number of carbonyl (C=O) groups is 3. The summed E-state index contributed by atoms with van der Waals surface area (Å²) >= 11 is 0. The summed E-state index contributed by atoms with van der Waals surface area (Å²) in [7, 11) is 0. The number of hydrogen-bond donors (Lipinski definition) is 3. The van der Waals surface area contributed by atoms with Gasteiger partial charge < -0.3 is 43.5 Å². The number of aryl methyl sites for hydroxylation is 9.